The van der Waals surface area contributed by atoms with Gasteiger partial charge in [0, 0.05) is 62.3 Å². The predicted octanol–water partition coefficient (Wildman–Crippen LogP) is 4.02. The molecule has 6 rings (SSSR count). The first kappa shape index (κ1) is 25.0. The maximum Gasteiger partial charge on any atom is 0.147 e. The van der Waals surface area contributed by atoms with Crippen LogP contribution in [0.15, 0.2) is 31.0 Å². The zero-order valence-corrected chi connectivity index (χ0v) is 20.6. The van der Waals surface area contributed by atoms with Crippen LogP contribution in [0.2, 0.25) is 0 Å². The minimum atomic E-state index is 0. The summed E-state index contributed by atoms with van der Waals surface area (Å²) in [5, 5.41) is 0. The van der Waals surface area contributed by atoms with Gasteiger partial charge in [-0.3, -0.25) is 15.0 Å². The summed E-state index contributed by atoms with van der Waals surface area (Å²) in [6.45, 7) is 9.35. The van der Waals surface area contributed by atoms with Crippen LogP contribution >= 0.6 is 0 Å². The molecule has 0 bridgehead atoms. The second-order valence-electron chi connectivity index (χ2n) is 11.2. The lowest BCUT2D eigenvalue weighted by atomic mass is 9.84. The van der Waals surface area contributed by atoms with Gasteiger partial charge in [0.2, 0.25) is 0 Å². The minimum absolute atomic E-state index is 0. The van der Waals surface area contributed by atoms with Crippen molar-refractivity contribution in [2.75, 3.05) is 58.3 Å². The van der Waals surface area contributed by atoms with Crippen LogP contribution in [0.5, 0.6) is 0 Å². The van der Waals surface area contributed by atoms with Crippen LogP contribution in [0.25, 0.3) is 0 Å². The second-order valence-corrected chi connectivity index (χ2v) is 11.2. The number of aromatic nitrogens is 4. The van der Waals surface area contributed by atoms with Crippen LogP contribution in [0, 0.1) is 17.8 Å². The normalized spacial score (nSPS) is 31.1. The molecule has 1 aliphatic carbocycles. The van der Waals surface area contributed by atoms with Crippen molar-refractivity contribution in [1.29, 1.82) is 0 Å². The summed E-state index contributed by atoms with van der Waals surface area (Å²) < 4.78 is 0. The van der Waals surface area contributed by atoms with Gasteiger partial charge in [0.05, 0.1) is 17.6 Å². The van der Waals surface area contributed by atoms with Gasteiger partial charge in [0.1, 0.15) is 5.82 Å². The topological polar surface area (TPSA) is 61.3 Å². The van der Waals surface area contributed by atoms with Gasteiger partial charge in [0.15, 0.2) is 0 Å². The molecule has 0 aromatic carbocycles. The average molecular weight is 466 g/mol. The van der Waals surface area contributed by atoms with Crippen molar-refractivity contribution in [1.82, 2.24) is 29.7 Å². The van der Waals surface area contributed by atoms with Gasteiger partial charge in [0.25, 0.3) is 0 Å². The SMILES string of the molecule is C.CN1CCC2(CCN(c3cnccn3)C2)C1.Cc1cncc(C2CCC3(CCN(C)C3)C2)n1. The molecule has 2 aromatic rings. The van der Waals surface area contributed by atoms with Crippen LogP contribution in [0.4, 0.5) is 5.82 Å². The Morgan fingerprint density at radius 2 is 1.56 bits per heavy atom. The fourth-order valence-corrected chi connectivity index (χ4v) is 6.75. The molecule has 0 N–H and O–H groups in total. The Morgan fingerprint density at radius 1 is 0.824 bits per heavy atom. The predicted molar refractivity (Wildman–Crippen MR) is 138 cm³/mol. The summed E-state index contributed by atoms with van der Waals surface area (Å²) in [6, 6.07) is 0. The third kappa shape index (κ3) is 5.41. The van der Waals surface area contributed by atoms with Crippen molar-refractivity contribution in [2.24, 2.45) is 10.8 Å². The number of hydrogen-bond donors (Lipinski definition) is 0. The summed E-state index contributed by atoms with van der Waals surface area (Å²) in [5.74, 6) is 1.68. The van der Waals surface area contributed by atoms with Crippen molar-refractivity contribution in [3.8, 4) is 0 Å². The highest BCUT2D eigenvalue weighted by Crippen LogP contribution is 2.50. The summed E-state index contributed by atoms with van der Waals surface area (Å²) in [6.07, 6.45) is 17.2. The lowest BCUT2D eigenvalue weighted by Crippen LogP contribution is -2.30. The quantitative estimate of drug-likeness (QED) is 0.664. The summed E-state index contributed by atoms with van der Waals surface area (Å²) in [5.41, 5.74) is 3.38. The molecule has 3 unspecified atom stereocenters. The zero-order chi connectivity index (χ0) is 22.9. The fraction of sp³-hybridized carbons (Fsp3) is 0.704. The van der Waals surface area contributed by atoms with E-state index in [9.17, 15) is 0 Å². The Hall–Kier alpha value is -2.12. The highest BCUT2D eigenvalue weighted by atomic mass is 15.2. The fourth-order valence-electron chi connectivity index (χ4n) is 6.75. The van der Waals surface area contributed by atoms with Crippen molar-refractivity contribution in [2.45, 2.75) is 58.8 Å². The molecule has 4 aliphatic rings. The molecule has 34 heavy (non-hydrogen) atoms. The summed E-state index contributed by atoms with van der Waals surface area (Å²) in [4.78, 5) is 24.8. The van der Waals surface area contributed by atoms with Gasteiger partial charge < -0.3 is 14.7 Å². The molecule has 5 heterocycles. The number of hydrogen-bond acceptors (Lipinski definition) is 7. The van der Waals surface area contributed by atoms with Gasteiger partial charge in [-0.15, -0.1) is 0 Å². The first-order valence-corrected chi connectivity index (χ1v) is 12.6. The van der Waals surface area contributed by atoms with E-state index in [0.717, 1.165) is 24.6 Å². The molecular formula is C27H43N7. The van der Waals surface area contributed by atoms with Crippen LogP contribution < -0.4 is 4.90 Å². The van der Waals surface area contributed by atoms with Crippen molar-refractivity contribution in [3.05, 3.63) is 42.4 Å². The number of anilines is 1. The second kappa shape index (κ2) is 10.2. The highest BCUT2D eigenvalue weighted by Gasteiger charge is 2.44. The Labute approximate surface area is 206 Å². The summed E-state index contributed by atoms with van der Waals surface area (Å²) >= 11 is 0. The molecule has 4 fully saturated rings. The maximum absolute atomic E-state index is 4.65. The first-order valence-electron chi connectivity index (χ1n) is 12.6. The lowest BCUT2D eigenvalue weighted by molar-refractivity contribution is 0.286. The molecule has 3 atom stereocenters. The molecule has 7 heteroatoms. The summed E-state index contributed by atoms with van der Waals surface area (Å²) in [7, 11) is 4.47. The van der Waals surface area contributed by atoms with Crippen LogP contribution in [-0.2, 0) is 0 Å². The Bertz CT molecular complexity index is 938. The number of nitrogens with zero attached hydrogens (tertiary/aromatic N) is 7. The van der Waals surface area contributed by atoms with Crippen molar-refractivity contribution in [3.63, 3.8) is 0 Å². The molecule has 1 saturated carbocycles. The van der Waals surface area contributed by atoms with E-state index in [2.05, 4.69) is 48.7 Å². The van der Waals surface area contributed by atoms with E-state index in [1.54, 1.807) is 12.4 Å². The maximum atomic E-state index is 4.65. The molecule has 0 radical (unpaired) electrons. The third-order valence-corrected chi connectivity index (χ3v) is 8.46. The van der Waals surface area contributed by atoms with Crippen LogP contribution in [0.3, 0.4) is 0 Å². The van der Waals surface area contributed by atoms with Gasteiger partial charge in [-0.2, -0.15) is 0 Å². The Kier molecular flexibility index (Phi) is 7.53. The largest absolute Gasteiger partial charge is 0.355 e. The molecule has 7 nitrogen and oxygen atoms in total. The molecule has 2 aromatic heterocycles. The Balaban J connectivity index is 0.000000157. The zero-order valence-electron chi connectivity index (χ0n) is 20.6. The van der Waals surface area contributed by atoms with E-state index in [4.69, 9.17) is 0 Å². The number of aryl methyl sites for hydroxylation is 1. The first-order chi connectivity index (χ1) is 15.9. The van der Waals surface area contributed by atoms with E-state index in [0.29, 0.717) is 16.7 Å². The van der Waals surface area contributed by atoms with Gasteiger partial charge in [-0.1, -0.05) is 7.43 Å². The van der Waals surface area contributed by atoms with E-state index in [1.807, 2.05) is 25.5 Å². The van der Waals surface area contributed by atoms with E-state index >= 15 is 0 Å². The molecular weight excluding hydrogens is 422 g/mol. The van der Waals surface area contributed by atoms with Crippen molar-refractivity contribution < 1.29 is 0 Å². The van der Waals surface area contributed by atoms with E-state index < -0.39 is 0 Å². The van der Waals surface area contributed by atoms with Crippen LogP contribution in [0.1, 0.15) is 63.3 Å². The minimum Gasteiger partial charge on any atom is -0.355 e. The van der Waals surface area contributed by atoms with Gasteiger partial charge >= 0.3 is 0 Å². The highest BCUT2D eigenvalue weighted by molar-refractivity contribution is 5.37. The molecule has 0 amide bonds. The Morgan fingerprint density at radius 3 is 2.21 bits per heavy atom. The van der Waals surface area contributed by atoms with Crippen molar-refractivity contribution >= 4 is 5.82 Å². The van der Waals surface area contributed by atoms with Gasteiger partial charge in [-0.05, 0) is 78.0 Å². The van der Waals surface area contributed by atoms with Gasteiger partial charge in [-0.25, -0.2) is 4.98 Å². The lowest BCUT2D eigenvalue weighted by Gasteiger charge is -2.24. The average Bonchev–Trinajstić information content (AvgIpc) is 3.60. The monoisotopic (exact) mass is 465 g/mol. The molecule has 2 spiro atoms. The molecule has 186 valence electrons. The standard InChI is InChI=1S/C14H21N3.C12H18N4.CH4/c1-11-8-15-9-13(16-11)12-3-4-14(7-12)5-6-17(2)10-14;1-15-6-2-12(9-15)3-7-16(10-12)11-8-13-4-5-14-11;/h8-9,12H,3-7,10H2,1-2H3;4-5,8H,2-3,6-7,9-10H2,1H3;1H4. The van der Waals surface area contributed by atoms with E-state index in [-0.39, 0.29) is 7.43 Å². The van der Waals surface area contributed by atoms with Crippen LogP contribution in [-0.4, -0.2) is 83.1 Å². The van der Waals surface area contributed by atoms with E-state index in [1.165, 1.54) is 70.4 Å². The molecule has 3 aliphatic heterocycles. The smallest absolute Gasteiger partial charge is 0.147 e. The molecule has 3 saturated heterocycles. The third-order valence-electron chi connectivity index (χ3n) is 8.46. The number of rotatable bonds is 2. The number of likely N-dealkylation sites (tertiary alicyclic amines) is 2.